The molecule has 40 heavy (non-hydrogen) atoms. The molecule has 1 aliphatic rings. The van der Waals surface area contributed by atoms with E-state index >= 15 is 0 Å². The lowest BCUT2D eigenvalue weighted by Gasteiger charge is -2.28. The van der Waals surface area contributed by atoms with E-state index in [1.807, 2.05) is 35.2 Å². The Morgan fingerprint density at radius 2 is 1.57 bits per heavy atom. The van der Waals surface area contributed by atoms with E-state index < -0.39 is 18.0 Å². The second-order valence-corrected chi connectivity index (χ2v) is 10.5. The molecule has 3 aromatic rings. The third kappa shape index (κ3) is 7.99. The molecule has 210 valence electrons. The summed E-state index contributed by atoms with van der Waals surface area (Å²) in [6, 6.07) is 21.1. The molecule has 8 heteroatoms. The minimum absolute atomic E-state index is 0.0621. The Bertz CT molecular complexity index is 1290. The number of benzene rings is 3. The molecule has 1 heterocycles. The fraction of sp³-hybridized carbons (Fsp3) is 0.344. The number of halogens is 1. The van der Waals surface area contributed by atoms with Crippen LogP contribution < -0.4 is 16.4 Å². The smallest absolute Gasteiger partial charge is 0.253 e. The maximum Gasteiger partial charge on any atom is 0.253 e. The van der Waals surface area contributed by atoms with Crippen molar-refractivity contribution in [3.05, 3.63) is 101 Å². The predicted molar refractivity (Wildman–Crippen MR) is 154 cm³/mol. The standard InChI is InChI=1S/C32H37FN4O3/c1-22(30(38)35-27-15-13-26(33)14-16-27)19-28(34)29(20-23-9-4-2-5-10-23)36-31(39)24-11-8-12-25(21-24)32(40)37-17-6-3-7-18-37/h2,4-5,8-16,21-22,28-29H,3,6-7,17-20,34H2,1H3,(H,35,38)(H,36,39)/t22-,28+,29+/m1/s1. The predicted octanol–water partition coefficient (Wildman–Crippen LogP) is 4.79. The Labute approximate surface area is 234 Å². The molecule has 3 amide bonds. The van der Waals surface area contributed by atoms with E-state index in [4.69, 9.17) is 5.73 Å². The molecule has 1 aliphatic heterocycles. The van der Waals surface area contributed by atoms with Crippen LogP contribution in [0.25, 0.3) is 0 Å². The molecule has 0 radical (unpaired) electrons. The molecule has 0 bridgehead atoms. The number of carbonyl (C=O) groups excluding carboxylic acids is 3. The summed E-state index contributed by atoms with van der Waals surface area (Å²) in [5.41, 5.74) is 8.99. The summed E-state index contributed by atoms with van der Waals surface area (Å²) in [5.74, 6) is -1.47. The van der Waals surface area contributed by atoms with E-state index in [1.165, 1.54) is 24.3 Å². The van der Waals surface area contributed by atoms with Gasteiger partial charge in [-0.25, -0.2) is 4.39 Å². The number of likely N-dealkylation sites (tertiary alicyclic amines) is 1. The van der Waals surface area contributed by atoms with Crippen molar-refractivity contribution in [3.63, 3.8) is 0 Å². The van der Waals surface area contributed by atoms with Crippen molar-refractivity contribution < 1.29 is 18.8 Å². The maximum atomic E-state index is 13.4. The number of nitrogens with one attached hydrogen (secondary N) is 2. The molecule has 1 saturated heterocycles. The second kappa shape index (κ2) is 13.8. The van der Waals surface area contributed by atoms with Gasteiger partial charge in [-0.05, 0) is 80.1 Å². The van der Waals surface area contributed by atoms with Crippen molar-refractivity contribution in [1.29, 1.82) is 0 Å². The fourth-order valence-electron chi connectivity index (χ4n) is 4.98. The minimum Gasteiger partial charge on any atom is -0.347 e. The van der Waals surface area contributed by atoms with Gasteiger partial charge in [0, 0.05) is 47.9 Å². The maximum absolute atomic E-state index is 13.4. The SMILES string of the molecule is C[C@H](C[C@H](N)[C@H](Cc1ccccc1)NC(=O)c1cccc(C(=O)N2CCCCC2)c1)C(=O)Nc1ccc(F)cc1. The van der Waals surface area contributed by atoms with Crippen LogP contribution in [-0.2, 0) is 11.2 Å². The third-order valence-corrected chi connectivity index (χ3v) is 7.33. The molecule has 0 saturated carbocycles. The van der Waals surface area contributed by atoms with Crippen molar-refractivity contribution >= 4 is 23.4 Å². The number of anilines is 1. The molecular formula is C32H37FN4O3. The van der Waals surface area contributed by atoms with E-state index in [9.17, 15) is 18.8 Å². The van der Waals surface area contributed by atoms with Crippen molar-refractivity contribution in [2.24, 2.45) is 11.7 Å². The van der Waals surface area contributed by atoms with Gasteiger partial charge >= 0.3 is 0 Å². The first kappa shape index (κ1) is 29.0. The van der Waals surface area contributed by atoms with Crippen LogP contribution in [0.3, 0.4) is 0 Å². The lowest BCUT2D eigenvalue weighted by atomic mass is 9.91. The highest BCUT2D eigenvalue weighted by Crippen LogP contribution is 2.18. The quantitative estimate of drug-likeness (QED) is 0.342. The summed E-state index contributed by atoms with van der Waals surface area (Å²) in [6.45, 7) is 3.24. The minimum atomic E-state index is -0.531. The topological polar surface area (TPSA) is 105 Å². The summed E-state index contributed by atoms with van der Waals surface area (Å²) in [7, 11) is 0. The first-order valence-electron chi connectivity index (χ1n) is 13.9. The van der Waals surface area contributed by atoms with Crippen LogP contribution in [0.1, 0.15) is 58.9 Å². The van der Waals surface area contributed by atoms with E-state index in [2.05, 4.69) is 10.6 Å². The molecule has 3 atom stereocenters. The summed E-state index contributed by atoms with van der Waals surface area (Å²) >= 11 is 0. The van der Waals surface area contributed by atoms with Gasteiger partial charge in [-0.3, -0.25) is 14.4 Å². The summed E-state index contributed by atoms with van der Waals surface area (Å²) < 4.78 is 13.2. The number of hydrogen-bond donors (Lipinski definition) is 3. The Morgan fingerprint density at radius 3 is 2.27 bits per heavy atom. The molecule has 3 aromatic carbocycles. The molecular weight excluding hydrogens is 507 g/mol. The lowest BCUT2D eigenvalue weighted by Crippen LogP contribution is -2.50. The highest BCUT2D eigenvalue weighted by molar-refractivity contribution is 6.00. The molecule has 0 unspecified atom stereocenters. The number of nitrogens with two attached hydrogens (primary N) is 1. The Balaban J connectivity index is 1.45. The zero-order valence-corrected chi connectivity index (χ0v) is 22.8. The van der Waals surface area contributed by atoms with E-state index in [1.54, 1.807) is 31.2 Å². The molecule has 0 aliphatic carbocycles. The second-order valence-electron chi connectivity index (χ2n) is 10.5. The monoisotopic (exact) mass is 544 g/mol. The molecule has 4 rings (SSSR count). The normalized spacial score (nSPS) is 15.5. The van der Waals surface area contributed by atoms with Gasteiger partial charge < -0.3 is 21.3 Å². The van der Waals surface area contributed by atoms with Gasteiger partial charge in [0.15, 0.2) is 0 Å². The van der Waals surface area contributed by atoms with Crippen LogP contribution in [0.4, 0.5) is 10.1 Å². The molecule has 0 aromatic heterocycles. The van der Waals surface area contributed by atoms with Gasteiger partial charge in [-0.15, -0.1) is 0 Å². The van der Waals surface area contributed by atoms with Crippen LogP contribution >= 0.6 is 0 Å². The van der Waals surface area contributed by atoms with Gasteiger partial charge in [-0.2, -0.15) is 0 Å². The van der Waals surface area contributed by atoms with Crippen molar-refractivity contribution in [2.75, 3.05) is 18.4 Å². The average Bonchev–Trinajstić information content (AvgIpc) is 2.98. The number of amides is 3. The van der Waals surface area contributed by atoms with Crippen molar-refractivity contribution in [1.82, 2.24) is 10.2 Å². The Morgan fingerprint density at radius 1 is 0.900 bits per heavy atom. The van der Waals surface area contributed by atoms with Crippen LogP contribution in [-0.4, -0.2) is 47.8 Å². The largest absolute Gasteiger partial charge is 0.347 e. The van der Waals surface area contributed by atoms with Gasteiger partial charge in [0.05, 0.1) is 0 Å². The average molecular weight is 545 g/mol. The van der Waals surface area contributed by atoms with Crippen LogP contribution in [0.15, 0.2) is 78.9 Å². The number of nitrogens with zero attached hydrogens (tertiary/aromatic N) is 1. The number of piperidine rings is 1. The zero-order valence-electron chi connectivity index (χ0n) is 22.8. The lowest BCUT2D eigenvalue weighted by molar-refractivity contribution is -0.119. The molecule has 1 fully saturated rings. The van der Waals surface area contributed by atoms with Gasteiger partial charge in [0.1, 0.15) is 5.82 Å². The van der Waals surface area contributed by atoms with E-state index in [0.717, 1.165) is 37.9 Å². The molecule has 0 spiro atoms. The van der Waals surface area contributed by atoms with E-state index in [-0.39, 0.29) is 23.5 Å². The fourth-order valence-corrected chi connectivity index (χ4v) is 4.98. The molecule has 4 N–H and O–H groups in total. The number of hydrogen-bond acceptors (Lipinski definition) is 4. The third-order valence-electron chi connectivity index (χ3n) is 7.33. The van der Waals surface area contributed by atoms with Crippen molar-refractivity contribution in [3.8, 4) is 0 Å². The highest BCUT2D eigenvalue weighted by Gasteiger charge is 2.26. The number of carbonyl (C=O) groups is 3. The number of rotatable bonds is 10. The summed E-state index contributed by atoms with van der Waals surface area (Å²) in [6.07, 6.45) is 3.91. The van der Waals surface area contributed by atoms with Crippen LogP contribution in [0.5, 0.6) is 0 Å². The first-order valence-corrected chi connectivity index (χ1v) is 13.9. The highest BCUT2D eigenvalue weighted by atomic mass is 19.1. The van der Waals surface area contributed by atoms with Gasteiger partial charge in [0.2, 0.25) is 5.91 Å². The molecule has 7 nitrogen and oxygen atoms in total. The Kier molecular flexibility index (Phi) is 10.0. The van der Waals surface area contributed by atoms with E-state index in [0.29, 0.717) is 29.7 Å². The first-order chi connectivity index (χ1) is 19.3. The van der Waals surface area contributed by atoms with Crippen LogP contribution in [0, 0.1) is 11.7 Å². The van der Waals surface area contributed by atoms with Gasteiger partial charge in [-0.1, -0.05) is 43.3 Å². The zero-order chi connectivity index (χ0) is 28.5. The summed E-state index contributed by atoms with van der Waals surface area (Å²) in [4.78, 5) is 41.0. The van der Waals surface area contributed by atoms with Gasteiger partial charge in [0.25, 0.3) is 11.8 Å². The Hall–Kier alpha value is -4.04. The summed E-state index contributed by atoms with van der Waals surface area (Å²) in [5, 5.41) is 5.85. The van der Waals surface area contributed by atoms with Crippen molar-refractivity contribution in [2.45, 2.75) is 51.1 Å². The van der Waals surface area contributed by atoms with Crippen LogP contribution in [0.2, 0.25) is 0 Å².